The summed E-state index contributed by atoms with van der Waals surface area (Å²) in [5, 5.41) is 37.2. The number of para-hydroxylation sites is 2. The monoisotopic (exact) mass is 592 g/mol. The Hall–Kier alpha value is -5.21. The lowest BCUT2D eigenvalue weighted by atomic mass is 10.0. The van der Waals surface area contributed by atoms with Crippen LogP contribution in [0.25, 0.3) is 21.8 Å². The smallest absolute Gasteiger partial charge is 0.326 e. The number of aliphatic hydroxyl groups excluding tert-OH is 1. The van der Waals surface area contributed by atoms with Crippen molar-refractivity contribution in [3.63, 3.8) is 0 Å². The maximum atomic E-state index is 13.4. The summed E-state index contributed by atoms with van der Waals surface area (Å²) in [5.74, 6) is -5.57. The Bertz CT molecular complexity index is 1650. The highest BCUT2D eigenvalue weighted by Gasteiger charge is 2.32. The van der Waals surface area contributed by atoms with E-state index in [4.69, 9.17) is 5.73 Å². The van der Waals surface area contributed by atoms with Crippen molar-refractivity contribution in [3.05, 3.63) is 72.1 Å². The topological polar surface area (TPSA) is 240 Å². The number of carbonyl (C=O) groups is 5. The van der Waals surface area contributed by atoms with E-state index in [1.54, 1.807) is 36.7 Å². The summed E-state index contributed by atoms with van der Waals surface area (Å²) in [4.78, 5) is 68.9. The van der Waals surface area contributed by atoms with Gasteiger partial charge in [-0.1, -0.05) is 36.4 Å². The number of H-pyrrole nitrogens is 2. The first-order valence-electron chi connectivity index (χ1n) is 13.4. The number of fused-ring (bicyclic) bond motifs is 2. The van der Waals surface area contributed by atoms with Crippen molar-refractivity contribution in [3.8, 4) is 0 Å². The molecule has 2 aromatic carbocycles. The van der Waals surface area contributed by atoms with Crippen molar-refractivity contribution in [2.75, 3.05) is 6.61 Å². The van der Waals surface area contributed by atoms with Crippen LogP contribution in [0.5, 0.6) is 0 Å². The second-order valence-corrected chi connectivity index (χ2v) is 10.0. The van der Waals surface area contributed by atoms with Crippen molar-refractivity contribution in [1.82, 2.24) is 25.9 Å². The number of aliphatic hydroxyl groups is 1. The molecule has 10 N–H and O–H groups in total. The third kappa shape index (κ3) is 7.55. The number of carboxylic acids is 2. The third-order valence-corrected chi connectivity index (χ3v) is 6.99. The summed E-state index contributed by atoms with van der Waals surface area (Å²) in [7, 11) is 0. The Morgan fingerprint density at radius 2 is 1.16 bits per heavy atom. The van der Waals surface area contributed by atoms with E-state index >= 15 is 0 Å². The zero-order valence-electron chi connectivity index (χ0n) is 22.9. The van der Waals surface area contributed by atoms with Crippen molar-refractivity contribution < 1.29 is 39.3 Å². The number of aromatic amines is 2. The summed E-state index contributed by atoms with van der Waals surface area (Å²) in [6, 6.07) is 8.64. The molecule has 0 saturated carbocycles. The maximum Gasteiger partial charge on any atom is 0.326 e. The fraction of sp³-hybridized carbons (Fsp3) is 0.276. The van der Waals surface area contributed by atoms with Crippen LogP contribution < -0.4 is 21.7 Å². The van der Waals surface area contributed by atoms with Crippen LogP contribution >= 0.6 is 0 Å². The summed E-state index contributed by atoms with van der Waals surface area (Å²) < 4.78 is 0. The van der Waals surface area contributed by atoms with Gasteiger partial charge in [0.25, 0.3) is 0 Å². The molecule has 2 aromatic heterocycles. The molecule has 2 heterocycles. The lowest BCUT2D eigenvalue weighted by molar-refractivity contribution is -0.143. The standard InChI is InChI=1S/C29H32N6O8/c30-19(14-36)26(39)33-22(9-15-12-31-20-7-3-1-5-17(15)20)27(40)34-23(11-25(37)38)28(41)35-24(29(42)43)10-16-13-32-21-8-4-2-6-18(16)21/h1-8,12-13,19,22-24,31-32,36H,9-11,14,30H2,(H,33,39)(H,34,40)(H,35,41)(H,37,38)(H,42,43). The second-order valence-electron chi connectivity index (χ2n) is 10.0. The van der Waals surface area contributed by atoms with Crippen LogP contribution in [-0.4, -0.2) is 85.7 Å². The number of carbonyl (C=O) groups excluding carboxylic acids is 3. The number of amides is 3. The van der Waals surface area contributed by atoms with Crippen LogP contribution in [0.3, 0.4) is 0 Å². The van der Waals surface area contributed by atoms with Gasteiger partial charge < -0.3 is 47.0 Å². The summed E-state index contributed by atoms with van der Waals surface area (Å²) in [5.41, 5.74) is 8.41. The molecule has 0 saturated heterocycles. The molecule has 0 bridgehead atoms. The summed E-state index contributed by atoms with van der Waals surface area (Å²) in [6.07, 6.45) is 2.22. The third-order valence-electron chi connectivity index (χ3n) is 6.99. The lowest BCUT2D eigenvalue weighted by Gasteiger charge is -2.24. The predicted octanol–water partition coefficient (Wildman–Crippen LogP) is -0.232. The number of hydrogen-bond acceptors (Lipinski definition) is 7. The zero-order valence-corrected chi connectivity index (χ0v) is 22.9. The highest BCUT2D eigenvalue weighted by molar-refractivity contribution is 5.96. The Morgan fingerprint density at radius 1 is 0.698 bits per heavy atom. The molecule has 0 aliphatic carbocycles. The molecular weight excluding hydrogens is 560 g/mol. The van der Waals surface area contributed by atoms with Gasteiger partial charge in [0.1, 0.15) is 24.2 Å². The van der Waals surface area contributed by atoms with Crippen molar-refractivity contribution in [2.45, 2.75) is 43.4 Å². The Balaban J connectivity index is 1.54. The van der Waals surface area contributed by atoms with Crippen LogP contribution in [-0.2, 0) is 36.8 Å². The molecule has 4 aromatic rings. The van der Waals surface area contributed by atoms with E-state index in [2.05, 4.69) is 25.9 Å². The molecule has 43 heavy (non-hydrogen) atoms. The molecular formula is C29H32N6O8. The highest BCUT2D eigenvalue weighted by atomic mass is 16.4. The fourth-order valence-corrected chi connectivity index (χ4v) is 4.74. The van der Waals surface area contributed by atoms with Gasteiger partial charge in [-0.05, 0) is 23.3 Å². The van der Waals surface area contributed by atoms with Gasteiger partial charge in [-0.2, -0.15) is 0 Å². The zero-order chi connectivity index (χ0) is 31.1. The molecule has 226 valence electrons. The van der Waals surface area contributed by atoms with Crippen molar-refractivity contribution in [1.29, 1.82) is 0 Å². The van der Waals surface area contributed by atoms with E-state index in [-0.39, 0.29) is 12.8 Å². The molecule has 14 heteroatoms. The minimum absolute atomic E-state index is 0.0700. The van der Waals surface area contributed by atoms with Gasteiger partial charge in [0.15, 0.2) is 0 Å². The molecule has 0 fully saturated rings. The molecule has 0 spiro atoms. The van der Waals surface area contributed by atoms with Crippen LogP contribution in [0.2, 0.25) is 0 Å². The fourth-order valence-electron chi connectivity index (χ4n) is 4.74. The Morgan fingerprint density at radius 3 is 1.67 bits per heavy atom. The van der Waals surface area contributed by atoms with Gasteiger partial charge in [0.2, 0.25) is 17.7 Å². The number of benzene rings is 2. The second kappa shape index (κ2) is 13.6. The molecule has 0 radical (unpaired) electrons. The van der Waals surface area contributed by atoms with Gasteiger partial charge in [0, 0.05) is 47.0 Å². The lowest BCUT2D eigenvalue weighted by Crippen LogP contribution is -2.58. The van der Waals surface area contributed by atoms with Gasteiger partial charge in [-0.25, -0.2) is 4.79 Å². The molecule has 4 unspecified atom stereocenters. The summed E-state index contributed by atoms with van der Waals surface area (Å²) >= 11 is 0. The number of nitrogens with one attached hydrogen (secondary N) is 5. The average molecular weight is 593 g/mol. The number of aromatic nitrogens is 2. The normalized spacial score (nSPS) is 14.0. The largest absolute Gasteiger partial charge is 0.481 e. The van der Waals surface area contributed by atoms with Crippen LogP contribution in [0.1, 0.15) is 17.5 Å². The van der Waals surface area contributed by atoms with Crippen LogP contribution in [0.4, 0.5) is 0 Å². The van der Waals surface area contributed by atoms with Gasteiger partial charge >= 0.3 is 11.9 Å². The average Bonchev–Trinajstić information content (AvgIpc) is 3.59. The van der Waals surface area contributed by atoms with Crippen molar-refractivity contribution in [2.24, 2.45) is 5.73 Å². The molecule has 4 atom stereocenters. The van der Waals surface area contributed by atoms with E-state index in [1.165, 1.54) is 0 Å². The van der Waals surface area contributed by atoms with E-state index < -0.39 is 66.9 Å². The van der Waals surface area contributed by atoms with Gasteiger partial charge in [-0.3, -0.25) is 19.2 Å². The predicted molar refractivity (Wildman–Crippen MR) is 155 cm³/mol. The Labute approximate surface area is 244 Å². The number of hydrogen-bond donors (Lipinski definition) is 9. The van der Waals surface area contributed by atoms with Gasteiger partial charge in [0.05, 0.1) is 13.0 Å². The SMILES string of the molecule is NC(CO)C(=O)NC(Cc1c[nH]c2ccccc12)C(=O)NC(CC(=O)O)C(=O)NC(Cc1c[nH]c2ccccc12)C(=O)O. The molecule has 4 rings (SSSR count). The molecule has 0 aliphatic heterocycles. The highest BCUT2D eigenvalue weighted by Crippen LogP contribution is 2.20. The quantitative estimate of drug-likeness (QED) is 0.0938. The van der Waals surface area contributed by atoms with Crippen molar-refractivity contribution >= 4 is 51.5 Å². The number of carboxylic acid groups (broad SMARTS) is 2. The number of rotatable bonds is 14. The van der Waals surface area contributed by atoms with Crippen LogP contribution in [0.15, 0.2) is 60.9 Å². The van der Waals surface area contributed by atoms with Crippen LogP contribution in [0, 0.1) is 0 Å². The minimum atomic E-state index is -1.68. The number of nitrogens with two attached hydrogens (primary N) is 1. The molecule has 0 aliphatic rings. The molecule has 3 amide bonds. The van der Waals surface area contributed by atoms with Gasteiger partial charge in [-0.15, -0.1) is 0 Å². The maximum absolute atomic E-state index is 13.4. The van der Waals surface area contributed by atoms with E-state index in [0.717, 1.165) is 21.8 Å². The van der Waals surface area contributed by atoms with E-state index in [0.29, 0.717) is 11.1 Å². The first-order valence-corrected chi connectivity index (χ1v) is 13.4. The molecule has 14 nitrogen and oxygen atoms in total. The van der Waals surface area contributed by atoms with E-state index in [1.807, 2.05) is 24.3 Å². The first-order chi connectivity index (χ1) is 20.6. The first kappa shape index (κ1) is 30.7. The Kier molecular flexibility index (Phi) is 9.75. The summed E-state index contributed by atoms with van der Waals surface area (Å²) in [6.45, 7) is -0.690. The number of aliphatic carboxylic acids is 2. The van der Waals surface area contributed by atoms with E-state index in [9.17, 15) is 39.3 Å². The minimum Gasteiger partial charge on any atom is -0.481 e.